The van der Waals surface area contributed by atoms with E-state index in [9.17, 15) is 19.7 Å². The van der Waals surface area contributed by atoms with E-state index in [0.29, 0.717) is 28.2 Å². The van der Waals surface area contributed by atoms with Crippen molar-refractivity contribution in [3.63, 3.8) is 0 Å². The number of hydrogen-bond acceptors (Lipinski definition) is 6. The molecule has 0 atom stereocenters. The number of nitro groups is 1. The number of carbonyl (C=O) groups excluding carboxylic acids is 2. The van der Waals surface area contributed by atoms with Crippen molar-refractivity contribution in [2.24, 2.45) is 0 Å². The number of imide groups is 1. The number of nitrogens with zero attached hydrogens (tertiary/aromatic N) is 2. The summed E-state index contributed by atoms with van der Waals surface area (Å²) in [4.78, 5) is 38.3. The van der Waals surface area contributed by atoms with Crippen LogP contribution in [0.4, 0.5) is 10.5 Å². The summed E-state index contributed by atoms with van der Waals surface area (Å²) in [6, 6.07) is 19.0. The van der Waals surface area contributed by atoms with Crippen LogP contribution in [0.25, 0.3) is 0 Å². The number of methoxy groups -OCH3 is 2. The van der Waals surface area contributed by atoms with Crippen LogP contribution in [0, 0.1) is 10.1 Å². The predicted molar refractivity (Wildman–Crippen MR) is 119 cm³/mol. The molecule has 0 aromatic heterocycles. The highest BCUT2D eigenvalue weighted by atomic mass is 16.6. The van der Waals surface area contributed by atoms with Crippen molar-refractivity contribution in [1.29, 1.82) is 0 Å². The lowest BCUT2D eigenvalue weighted by atomic mass is 9.82. The van der Waals surface area contributed by atoms with Gasteiger partial charge in [0.15, 0.2) is 5.54 Å². The van der Waals surface area contributed by atoms with Gasteiger partial charge in [-0.2, -0.15) is 0 Å². The average Bonchev–Trinajstić information content (AvgIpc) is 3.10. The van der Waals surface area contributed by atoms with E-state index < -0.39 is 22.4 Å². The first-order valence-corrected chi connectivity index (χ1v) is 10.1. The van der Waals surface area contributed by atoms with E-state index in [1.807, 2.05) is 0 Å². The lowest BCUT2D eigenvalue weighted by molar-refractivity contribution is -0.384. The van der Waals surface area contributed by atoms with Crippen LogP contribution in [-0.4, -0.2) is 36.0 Å². The number of nitrogens with one attached hydrogen (secondary N) is 1. The van der Waals surface area contributed by atoms with Gasteiger partial charge in [-0.05, 0) is 41.0 Å². The van der Waals surface area contributed by atoms with Gasteiger partial charge in [0.05, 0.1) is 25.7 Å². The zero-order chi connectivity index (χ0) is 23.6. The van der Waals surface area contributed by atoms with Crippen LogP contribution in [-0.2, 0) is 16.9 Å². The van der Waals surface area contributed by atoms with Crippen molar-refractivity contribution in [1.82, 2.24) is 10.2 Å². The van der Waals surface area contributed by atoms with E-state index >= 15 is 0 Å². The standard InChI is InChI=1S/C24H21N3O6/c1-32-20-11-5-17(6-12-20)24(18-7-13-21(33-2)14-8-18)22(28)26(23(29)25-24)15-16-3-9-19(10-4-16)27(30)31/h3-14H,15H2,1-2H3,(H,25,29). The zero-order valence-corrected chi connectivity index (χ0v) is 18.0. The number of amides is 3. The molecule has 0 spiro atoms. The van der Waals surface area contributed by atoms with Crippen molar-refractivity contribution in [3.05, 3.63) is 99.6 Å². The van der Waals surface area contributed by atoms with Crippen LogP contribution in [0.5, 0.6) is 11.5 Å². The monoisotopic (exact) mass is 447 g/mol. The Bertz CT molecular complexity index is 1140. The lowest BCUT2D eigenvalue weighted by Gasteiger charge is -2.28. The first kappa shape index (κ1) is 21.8. The van der Waals surface area contributed by atoms with Gasteiger partial charge in [-0.15, -0.1) is 0 Å². The fourth-order valence-electron chi connectivity index (χ4n) is 3.87. The molecule has 0 radical (unpaired) electrons. The highest BCUT2D eigenvalue weighted by Gasteiger charge is 2.53. The highest BCUT2D eigenvalue weighted by molar-refractivity contribution is 6.09. The zero-order valence-electron chi connectivity index (χ0n) is 18.0. The SMILES string of the molecule is COc1ccc(C2(c3ccc(OC)cc3)NC(=O)N(Cc3ccc([N+](=O)[O-])cc3)C2=O)cc1. The molecule has 3 amide bonds. The quantitative estimate of drug-likeness (QED) is 0.337. The molecule has 0 aliphatic carbocycles. The Hall–Kier alpha value is -4.40. The molecule has 1 saturated heterocycles. The van der Waals surface area contributed by atoms with Gasteiger partial charge in [-0.25, -0.2) is 4.79 Å². The molecule has 1 heterocycles. The van der Waals surface area contributed by atoms with Crippen molar-refractivity contribution < 1.29 is 24.0 Å². The van der Waals surface area contributed by atoms with Crippen molar-refractivity contribution >= 4 is 17.6 Å². The summed E-state index contributed by atoms with van der Waals surface area (Å²) in [7, 11) is 3.09. The third-order valence-electron chi connectivity index (χ3n) is 5.64. The van der Waals surface area contributed by atoms with Gasteiger partial charge in [-0.3, -0.25) is 19.8 Å². The summed E-state index contributed by atoms with van der Waals surface area (Å²) in [5.74, 6) is 0.771. The van der Waals surface area contributed by atoms with E-state index in [2.05, 4.69) is 5.32 Å². The third-order valence-corrected chi connectivity index (χ3v) is 5.64. The van der Waals surface area contributed by atoms with Gasteiger partial charge >= 0.3 is 6.03 Å². The Labute approximate surface area is 189 Å². The van der Waals surface area contributed by atoms with Crippen LogP contribution in [0.15, 0.2) is 72.8 Å². The molecule has 0 bridgehead atoms. The van der Waals surface area contributed by atoms with E-state index in [-0.39, 0.29) is 12.2 Å². The second kappa shape index (κ2) is 8.62. The fraction of sp³-hybridized carbons (Fsp3) is 0.167. The van der Waals surface area contributed by atoms with Crippen LogP contribution >= 0.6 is 0 Å². The first-order chi connectivity index (χ1) is 15.9. The Morgan fingerprint density at radius 3 is 1.76 bits per heavy atom. The largest absolute Gasteiger partial charge is 0.497 e. The maximum atomic E-state index is 13.8. The van der Waals surface area contributed by atoms with Gasteiger partial charge in [-0.1, -0.05) is 36.4 Å². The molecule has 1 fully saturated rings. The maximum Gasteiger partial charge on any atom is 0.325 e. The van der Waals surface area contributed by atoms with Crippen LogP contribution in [0.1, 0.15) is 16.7 Å². The van der Waals surface area contributed by atoms with E-state index in [1.54, 1.807) is 62.8 Å². The third kappa shape index (κ3) is 3.84. The number of benzene rings is 3. The molecule has 168 valence electrons. The Kier molecular flexibility index (Phi) is 5.70. The molecule has 0 unspecified atom stereocenters. The predicted octanol–water partition coefficient (Wildman–Crippen LogP) is 3.61. The van der Waals surface area contributed by atoms with E-state index in [0.717, 1.165) is 4.90 Å². The molecule has 33 heavy (non-hydrogen) atoms. The number of carbonyl (C=O) groups is 2. The number of hydrogen-bond donors (Lipinski definition) is 1. The van der Waals surface area contributed by atoms with Gasteiger partial charge in [0.2, 0.25) is 0 Å². The first-order valence-electron chi connectivity index (χ1n) is 10.1. The maximum absolute atomic E-state index is 13.8. The highest BCUT2D eigenvalue weighted by Crippen LogP contribution is 2.38. The molecule has 3 aromatic carbocycles. The summed E-state index contributed by atoms with van der Waals surface area (Å²) in [5, 5.41) is 13.8. The Balaban J connectivity index is 1.75. The number of ether oxygens (including phenoxy) is 2. The molecule has 1 aliphatic heterocycles. The number of non-ortho nitro benzene ring substituents is 1. The molecular weight excluding hydrogens is 426 g/mol. The van der Waals surface area contributed by atoms with E-state index in [1.165, 1.54) is 24.3 Å². The molecule has 0 saturated carbocycles. The summed E-state index contributed by atoms with van der Waals surface area (Å²) in [6.45, 7) is -0.0310. The average molecular weight is 447 g/mol. The minimum absolute atomic E-state index is 0.0310. The number of nitro benzene ring substituents is 1. The summed E-state index contributed by atoms with van der Waals surface area (Å²) >= 11 is 0. The second-order valence-corrected chi connectivity index (χ2v) is 7.45. The van der Waals surface area contributed by atoms with Crippen molar-refractivity contribution in [2.45, 2.75) is 12.1 Å². The summed E-state index contributed by atoms with van der Waals surface area (Å²) in [5.41, 5.74) is 0.207. The molecule has 1 N–H and O–H groups in total. The van der Waals surface area contributed by atoms with Crippen LogP contribution in [0.3, 0.4) is 0 Å². The van der Waals surface area contributed by atoms with Gasteiger partial charge in [0, 0.05) is 12.1 Å². The number of rotatable bonds is 7. The van der Waals surface area contributed by atoms with Crippen molar-refractivity contribution in [3.8, 4) is 11.5 Å². The van der Waals surface area contributed by atoms with Gasteiger partial charge in [0.1, 0.15) is 11.5 Å². The van der Waals surface area contributed by atoms with Gasteiger partial charge in [0.25, 0.3) is 11.6 Å². The van der Waals surface area contributed by atoms with E-state index in [4.69, 9.17) is 9.47 Å². The number of urea groups is 1. The Morgan fingerprint density at radius 1 is 0.848 bits per heavy atom. The minimum atomic E-state index is -1.45. The smallest absolute Gasteiger partial charge is 0.325 e. The van der Waals surface area contributed by atoms with Gasteiger partial charge < -0.3 is 14.8 Å². The van der Waals surface area contributed by atoms with Crippen molar-refractivity contribution in [2.75, 3.05) is 14.2 Å². The molecule has 9 heteroatoms. The molecular formula is C24H21N3O6. The molecule has 1 aliphatic rings. The summed E-state index contributed by atoms with van der Waals surface area (Å²) in [6.07, 6.45) is 0. The molecule has 4 rings (SSSR count). The lowest BCUT2D eigenvalue weighted by Crippen LogP contribution is -2.45. The minimum Gasteiger partial charge on any atom is -0.497 e. The second-order valence-electron chi connectivity index (χ2n) is 7.45. The van der Waals surface area contributed by atoms with Crippen LogP contribution in [0.2, 0.25) is 0 Å². The molecule has 3 aromatic rings. The molecule has 9 nitrogen and oxygen atoms in total. The van der Waals surface area contributed by atoms with Crippen LogP contribution < -0.4 is 14.8 Å². The topological polar surface area (TPSA) is 111 Å². The fourth-order valence-corrected chi connectivity index (χ4v) is 3.87. The normalized spacial score (nSPS) is 14.7. The Morgan fingerprint density at radius 2 is 1.33 bits per heavy atom. The summed E-state index contributed by atoms with van der Waals surface area (Å²) < 4.78 is 10.5.